The Hall–Kier alpha value is -4.01. The first-order chi connectivity index (χ1) is 15.4. The minimum atomic E-state index is -0.675. The van der Waals surface area contributed by atoms with Crippen molar-refractivity contribution in [2.24, 2.45) is 12.8 Å². The summed E-state index contributed by atoms with van der Waals surface area (Å²) in [6, 6.07) is 11.6. The zero-order valence-electron chi connectivity index (χ0n) is 17.5. The molecule has 2 N–H and O–H groups in total. The summed E-state index contributed by atoms with van der Waals surface area (Å²) in [5.41, 5.74) is 8.05. The van der Waals surface area contributed by atoms with Crippen LogP contribution >= 0.6 is 0 Å². The van der Waals surface area contributed by atoms with Crippen molar-refractivity contribution in [2.75, 3.05) is 18.0 Å². The van der Waals surface area contributed by atoms with Crippen molar-refractivity contribution in [2.45, 2.75) is 18.9 Å². The van der Waals surface area contributed by atoms with Crippen LogP contribution in [-0.2, 0) is 7.05 Å². The lowest BCUT2D eigenvalue weighted by molar-refractivity contribution is 0.498. The standard InChI is InChI=1S/C24H21FN6O/c1-30-7-4-15(11-22(30)32)20-14-29-24(31-8-5-18(28)6-9-31)19(13-27)23(20)16-2-3-17(12-26)21(25)10-16/h2-4,7,10-11,14,18H,5-6,8-9,28H2,1H3. The highest BCUT2D eigenvalue weighted by molar-refractivity contribution is 5.90. The first-order valence-corrected chi connectivity index (χ1v) is 10.2. The molecule has 0 amide bonds. The smallest absolute Gasteiger partial charge is 0.250 e. The summed E-state index contributed by atoms with van der Waals surface area (Å²) in [4.78, 5) is 18.8. The lowest BCUT2D eigenvalue weighted by Crippen LogP contribution is -2.40. The highest BCUT2D eigenvalue weighted by Gasteiger charge is 2.25. The van der Waals surface area contributed by atoms with Crippen molar-refractivity contribution in [1.82, 2.24) is 9.55 Å². The molecule has 4 rings (SSSR count). The van der Waals surface area contributed by atoms with E-state index in [9.17, 15) is 14.4 Å². The molecule has 3 heterocycles. The van der Waals surface area contributed by atoms with Crippen LogP contribution in [0.15, 0.2) is 47.5 Å². The van der Waals surface area contributed by atoms with Gasteiger partial charge in [-0.2, -0.15) is 10.5 Å². The zero-order chi connectivity index (χ0) is 22.8. The highest BCUT2D eigenvalue weighted by atomic mass is 19.1. The van der Waals surface area contributed by atoms with E-state index in [1.165, 1.54) is 22.8 Å². The van der Waals surface area contributed by atoms with Crippen molar-refractivity contribution in [3.05, 3.63) is 70.0 Å². The van der Waals surface area contributed by atoms with Gasteiger partial charge < -0.3 is 15.2 Å². The van der Waals surface area contributed by atoms with Crippen LogP contribution < -0.4 is 16.2 Å². The second kappa shape index (κ2) is 8.62. The lowest BCUT2D eigenvalue weighted by Gasteiger charge is -2.32. The highest BCUT2D eigenvalue weighted by Crippen LogP contribution is 2.38. The molecule has 1 aliphatic heterocycles. The van der Waals surface area contributed by atoms with Gasteiger partial charge in [-0.25, -0.2) is 9.37 Å². The number of aryl methyl sites for hydroxylation is 1. The van der Waals surface area contributed by atoms with Crippen molar-refractivity contribution in [3.63, 3.8) is 0 Å². The number of nitriles is 2. The normalized spacial score (nSPS) is 14.1. The Labute approximate surface area is 184 Å². The number of nitrogens with two attached hydrogens (primary N) is 1. The van der Waals surface area contributed by atoms with Crippen LogP contribution in [-0.4, -0.2) is 28.7 Å². The fourth-order valence-corrected chi connectivity index (χ4v) is 3.95. The molecule has 160 valence electrons. The third-order valence-electron chi connectivity index (χ3n) is 5.80. The summed E-state index contributed by atoms with van der Waals surface area (Å²) < 4.78 is 16.0. The Bertz CT molecular complexity index is 1330. The Morgan fingerprint density at radius 3 is 2.50 bits per heavy atom. The monoisotopic (exact) mass is 428 g/mol. The molecule has 0 bridgehead atoms. The van der Waals surface area contributed by atoms with Crippen molar-refractivity contribution >= 4 is 5.82 Å². The largest absolute Gasteiger partial charge is 0.355 e. The number of hydrogen-bond acceptors (Lipinski definition) is 6. The van der Waals surface area contributed by atoms with E-state index in [4.69, 9.17) is 11.0 Å². The van der Waals surface area contributed by atoms with Crippen LogP contribution in [0.25, 0.3) is 22.3 Å². The van der Waals surface area contributed by atoms with E-state index in [-0.39, 0.29) is 17.2 Å². The van der Waals surface area contributed by atoms with E-state index >= 15 is 0 Å². The van der Waals surface area contributed by atoms with Gasteiger partial charge in [0.15, 0.2) is 0 Å². The van der Waals surface area contributed by atoms with Crippen molar-refractivity contribution < 1.29 is 4.39 Å². The third kappa shape index (κ3) is 3.84. The minimum Gasteiger partial charge on any atom is -0.355 e. The van der Waals surface area contributed by atoms with Gasteiger partial charge in [0.2, 0.25) is 0 Å². The molecule has 0 saturated carbocycles. The molecule has 0 radical (unpaired) electrons. The fraction of sp³-hybridized carbons (Fsp3) is 0.250. The SMILES string of the molecule is Cn1ccc(-c2cnc(N3CCC(N)CC3)c(C#N)c2-c2ccc(C#N)c(F)c2)cc1=O. The van der Waals surface area contributed by atoms with Gasteiger partial charge in [0.05, 0.1) is 5.56 Å². The van der Waals surface area contributed by atoms with Crippen molar-refractivity contribution in [1.29, 1.82) is 10.5 Å². The fourth-order valence-electron chi connectivity index (χ4n) is 3.95. The average Bonchev–Trinajstić information content (AvgIpc) is 2.80. The Kier molecular flexibility index (Phi) is 5.72. The number of halogens is 1. The average molecular weight is 428 g/mol. The van der Waals surface area contributed by atoms with Gasteiger partial charge in [-0.1, -0.05) is 6.07 Å². The van der Waals surface area contributed by atoms with E-state index in [0.717, 1.165) is 12.8 Å². The number of nitrogens with zero attached hydrogens (tertiary/aromatic N) is 5. The predicted molar refractivity (Wildman–Crippen MR) is 119 cm³/mol. The summed E-state index contributed by atoms with van der Waals surface area (Å²) in [7, 11) is 1.64. The number of hydrogen-bond donors (Lipinski definition) is 1. The third-order valence-corrected chi connectivity index (χ3v) is 5.80. The van der Waals surface area contributed by atoms with Crippen LogP contribution in [0.3, 0.4) is 0 Å². The Balaban J connectivity index is 1.97. The van der Waals surface area contributed by atoms with E-state index in [0.29, 0.717) is 46.7 Å². The first-order valence-electron chi connectivity index (χ1n) is 10.2. The lowest BCUT2D eigenvalue weighted by atomic mass is 9.91. The van der Waals surface area contributed by atoms with Crippen LogP contribution in [0.4, 0.5) is 10.2 Å². The van der Waals surface area contributed by atoms with Gasteiger partial charge in [-0.15, -0.1) is 0 Å². The van der Waals surface area contributed by atoms with Gasteiger partial charge in [0.1, 0.15) is 29.3 Å². The minimum absolute atomic E-state index is 0.0818. The van der Waals surface area contributed by atoms with Crippen LogP contribution in [0.2, 0.25) is 0 Å². The summed E-state index contributed by atoms with van der Waals surface area (Å²) >= 11 is 0. The Morgan fingerprint density at radius 1 is 1.12 bits per heavy atom. The maximum atomic E-state index is 14.5. The van der Waals surface area contributed by atoms with Gasteiger partial charge in [-0.3, -0.25) is 4.79 Å². The molecule has 8 heteroatoms. The molecule has 32 heavy (non-hydrogen) atoms. The number of pyridine rings is 2. The topological polar surface area (TPSA) is 112 Å². The van der Waals surface area contributed by atoms with E-state index < -0.39 is 5.82 Å². The van der Waals surface area contributed by atoms with Gasteiger partial charge in [0.25, 0.3) is 5.56 Å². The maximum absolute atomic E-state index is 14.5. The van der Waals surface area contributed by atoms with Gasteiger partial charge >= 0.3 is 0 Å². The molecule has 7 nitrogen and oxygen atoms in total. The summed E-state index contributed by atoms with van der Waals surface area (Å²) in [6.07, 6.45) is 4.81. The molecular weight excluding hydrogens is 407 g/mol. The number of rotatable bonds is 3. The summed E-state index contributed by atoms with van der Waals surface area (Å²) in [5, 5.41) is 19.2. The van der Waals surface area contributed by atoms with Gasteiger partial charge in [-0.05, 0) is 42.2 Å². The molecule has 1 saturated heterocycles. The van der Waals surface area contributed by atoms with E-state index in [1.807, 2.05) is 11.0 Å². The van der Waals surface area contributed by atoms with E-state index in [2.05, 4.69) is 11.1 Å². The first kappa shape index (κ1) is 21.2. The molecule has 0 aliphatic carbocycles. The zero-order valence-corrected chi connectivity index (χ0v) is 17.5. The quantitative estimate of drug-likeness (QED) is 0.687. The number of piperidine rings is 1. The molecule has 1 fully saturated rings. The molecule has 0 spiro atoms. The van der Waals surface area contributed by atoms with Crippen LogP contribution in [0.1, 0.15) is 24.0 Å². The Morgan fingerprint density at radius 2 is 1.88 bits per heavy atom. The molecule has 2 aromatic heterocycles. The molecule has 3 aromatic rings. The van der Waals surface area contributed by atoms with Crippen LogP contribution in [0, 0.1) is 28.5 Å². The molecular formula is C24H21FN6O. The summed E-state index contributed by atoms with van der Waals surface area (Å²) in [5.74, 6) is -0.169. The molecule has 1 aliphatic rings. The van der Waals surface area contributed by atoms with Gasteiger partial charge in [0, 0.05) is 55.8 Å². The van der Waals surface area contributed by atoms with Crippen molar-refractivity contribution in [3.8, 4) is 34.4 Å². The number of anilines is 1. The second-order valence-corrected chi connectivity index (χ2v) is 7.85. The molecule has 1 aromatic carbocycles. The van der Waals surface area contributed by atoms with Crippen LogP contribution in [0.5, 0.6) is 0 Å². The molecule has 0 atom stereocenters. The van der Waals surface area contributed by atoms with E-state index in [1.54, 1.807) is 31.6 Å². The summed E-state index contributed by atoms with van der Waals surface area (Å²) in [6.45, 7) is 1.32. The number of aromatic nitrogens is 2. The predicted octanol–water partition coefficient (Wildman–Crippen LogP) is 2.92. The second-order valence-electron chi connectivity index (χ2n) is 7.85. The maximum Gasteiger partial charge on any atom is 0.250 e. The number of benzene rings is 1. The molecule has 0 unspecified atom stereocenters.